The minimum Gasteiger partial charge on any atom is -0.368 e. The topological polar surface area (TPSA) is 98.1 Å². The van der Waals surface area contributed by atoms with E-state index < -0.39 is 12.0 Å². The Morgan fingerprint density at radius 1 is 1.23 bits per heavy atom. The van der Waals surface area contributed by atoms with E-state index in [0.717, 1.165) is 23.1 Å². The first-order valence-corrected chi connectivity index (χ1v) is 8.41. The summed E-state index contributed by atoms with van der Waals surface area (Å²) in [5, 5.41) is 4.32. The maximum atomic E-state index is 11.8. The number of aromatic nitrogens is 3. The number of rotatable bonds is 4. The van der Waals surface area contributed by atoms with Crippen LogP contribution in [0, 0.1) is 13.8 Å². The van der Waals surface area contributed by atoms with Gasteiger partial charge in [0, 0.05) is 24.4 Å². The van der Waals surface area contributed by atoms with Gasteiger partial charge in [-0.05, 0) is 38.8 Å². The van der Waals surface area contributed by atoms with E-state index in [9.17, 15) is 9.59 Å². The molecule has 1 atom stereocenters. The molecular formula is C18H21N5O3. The van der Waals surface area contributed by atoms with Crippen molar-refractivity contribution in [2.45, 2.75) is 32.8 Å². The molecule has 136 valence electrons. The summed E-state index contributed by atoms with van der Waals surface area (Å²) < 4.78 is 6.67. The van der Waals surface area contributed by atoms with Gasteiger partial charge in [0.05, 0.1) is 0 Å². The van der Waals surface area contributed by atoms with Crippen LogP contribution in [0.25, 0.3) is 17.6 Å². The van der Waals surface area contributed by atoms with Crippen LogP contribution in [0.5, 0.6) is 0 Å². The van der Waals surface area contributed by atoms with Crippen molar-refractivity contribution in [1.82, 2.24) is 25.6 Å². The molecule has 1 aliphatic heterocycles. The van der Waals surface area contributed by atoms with Crippen molar-refractivity contribution in [2.24, 2.45) is 0 Å². The SMILES string of the molecule is Cc1cc(C)cc(-c2ncn(/C=C\C(=O)NNC(=O)C3CCCO3)n2)c1. The van der Waals surface area contributed by atoms with Crippen LogP contribution in [0.3, 0.4) is 0 Å². The highest BCUT2D eigenvalue weighted by atomic mass is 16.5. The summed E-state index contributed by atoms with van der Waals surface area (Å²) in [6.07, 6.45) is 5.26. The summed E-state index contributed by atoms with van der Waals surface area (Å²) in [7, 11) is 0. The summed E-state index contributed by atoms with van der Waals surface area (Å²) in [6, 6.07) is 6.09. The molecule has 8 heteroatoms. The van der Waals surface area contributed by atoms with Gasteiger partial charge >= 0.3 is 0 Å². The Hall–Kier alpha value is -3.00. The standard InChI is InChI=1S/C18H21N5O3/c1-12-8-13(2)10-14(9-12)17-19-11-23(22-17)6-5-16(24)20-21-18(25)15-4-3-7-26-15/h5-6,8-11,15H,3-4,7H2,1-2H3,(H,20,24)(H,21,25)/b6-5-. The number of amides is 2. The Balaban J connectivity index is 1.56. The van der Waals surface area contributed by atoms with Gasteiger partial charge in [-0.15, -0.1) is 5.10 Å². The molecule has 0 saturated carbocycles. The molecule has 1 aromatic heterocycles. The number of ether oxygens (including phenoxy) is 1. The Morgan fingerprint density at radius 3 is 2.69 bits per heavy atom. The number of aryl methyl sites for hydroxylation is 2. The number of nitrogens with one attached hydrogen (secondary N) is 2. The normalized spacial score (nSPS) is 16.8. The highest BCUT2D eigenvalue weighted by molar-refractivity contribution is 5.92. The highest BCUT2D eigenvalue weighted by Crippen LogP contribution is 2.18. The minimum absolute atomic E-state index is 0.345. The number of carbonyl (C=O) groups excluding carboxylic acids is 2. The van der Waals surface area contributed by atoms with Crippen molar-refractivity contribution in [3.8, 4) is 11.4 Å². The smallest absolute Gasteiger partial charge is 0.267 e. The Labute approximate surface area is 151 Å². The number of carbonyl (C=O) groups is 2. The van der Waals surface area contributed by atoms with Gasteiger partial charge in [0.1, 0.15) is 12.4 Å². The fourth-order valence-electron chi connectivity index (χ4n) is 2.76. The van der Waals surface area contributed by atoms with Crippen LogP contribution in [0.1, 0.15) is 24.0 Å². The lowest BCUT2D eigenvalue weighted by Gasteiger charge is -2.09. The minimum atomic E-state index is -0.491. The van der Waals surface area contributed by atoms with E-state index in [1.165, 1.54) is 23.3 Å². The lowest BCUT2D eigenvalue weighted by molar-refractivity contribution is -0.133. The maximum absolute atomic E-state index is 11.8. The van der Waals surface area contributed by atoms with Crippen molar-refractivity contribution in [3.05, 3.63) is 41.7 Å². The molecule has 0 radical (unpaired) electrons. The van der Waals surface area contributed by atoms with E-state index in [-0.39, 0.29) is 5.91 Å². The van der Waals surface area contributed by atoms with E-state index in [1.807, 2.05) is 26.0 Å². The largest absolute Gasteiger partial charge is 0.368 e. The van der Waals surface area contributed by atoms with Crippen molar-refractivity contribution >= 4 is 18.0 Å². The number of hydrogen-bond donors (Lipinski definition) is 2. The lowest BCUT2D eigenvalue weighted by atomic mass is 10.1. The molecule has 1 unspecified atom stereocenters. The molecule has 2 amide bonds. The van der Waals surface area contributed by atoms with Gasteiger partial charge in [0.15, 0.2) is 5.82 Å². The molecule has 1 fully saturated rings. The highest BCUT2D eigenvalue weighted by Gasteiger charge is 2.23. The average Bonchev–Trinajstić information content (AvgIpc) is 3.28. The van der Waals surface area contributed by atoms with Crippen molar-refractivity contribution in [3.63, 3.8) is 0 Å². The molecule has 0 spiro atoms. The monoisotopic (exact) mass is 355 g/mol. The quantitative estimate of drug-likeness (QED) is 0.637. The van der Waals surface area contributed by atoms with Gasteiger partial charge in [-0.1, -0.05) is 17.2 Å². The van der Waals surface area contributed by atoms with E-state index in [1.54, 1.807) is 0 Å². The molecule has 1 saturated heterocycles. The molecule has 0 aliphatic carbocycles. The first kappa shape index (κ1) is 17.8. The molecular weight excluding hydrogens is 334 g/mol. The molecule has 0 bridgehead atoms. The van der Waals surface area contributed by atoms with E-state index in [4.69, 9.17) is 4.74 Å². The summed E-state index contributed by atoms with van der Waals surface area (Å²) in [5.41, 5.74) is 7.84. The second-order valence-electron chi connectivity index (χ2n) is 6.22. The number of hydrazine groups is 1. The van der Waals surface area contributed by atoms with Crippen molar-refractivity contribution < 1.29 is 14.3 Å². The summed E-state index contributed by atoms with van der Waals surface area (Å²) in [6.45, 7) is 4.60. The second kappa shape index (κ2) is 7.92. The fraction of sp³-hybridized carbons (Fsp3) is 0.333. The van der Waals surface area contributed by atoms with Crippen molar-refractivity contribution in [2.75, 3.05) is 6.61 Å². The van der Waals surface area contributed by atoms with Gasteiger partial charge < -0.3 is 4.74 Å². The van der Waals surface area contributed by atoms with Gasteiger partial charge in [0.2, 0.25) is 0 Å². The Morgan fingerprint density at radius 2 is 2.00 bits per heavy atom. The third-order valence-corrected chi connectivity index (χ3v) is 3.90. The number of nitrogens with zero attached hydrogens (tertiary/aromatic N) is 3. The van der Waals surface area contributed by atoms with Gasteiger partial charge in [-0.25, -0.2) is 9.67 Å². The molecule has 3 rings (SSSR count). The van der Waals surface area contributed by atoms with Crippen LogP contribution in [0.15, 0.2) is 30.6 Å². The van der Waals surface area contributed by atoms with E-state index in [0.29, 0.717) is 18.9 Å². The molecule has 2 aromatic rings. The fourth-order valence-corrected chi connectivity index (χ4v) is 2.76. The molecule has 1 aliphatic rings. The zero-order chi connectivity index (χ0) is 18.5. The van der Waals surface area contributed by atoms with Crippen LogP contribution < -0.4 is 10.9 Å². The molecule has 2 heterocycles. The first-order valence-electron chi connectivity index (χ1n) is 8.41. The molecule has 1 aromatic carbocycles. The summed E-state index contributed by atoms with van der Waals surface area (Å²) >= 11 is 0. The predicted octanol–water partition coefficient (Wildman–Crippen LogP) is 1.36. The van der Waals surface area contributed by atoms with Crippen LogP contribution in [-0.4, -0.2) is 39.3 Å². The van der Waals surface area contributed by atoms with Crippen molar-refractivity contribution in [1.29, 1.82) is 0 Å². The second-order valence-corrected chi connectivity index (χ2v) is 6.22. The number of benzene rings is 1. The molecule has 2 N–H and O–H groups in total. The first-order chi connectivity index (χ1) is 12.5. The zero-order valence-corrected chi connectivity index (χ0v) is 14.7. The molecule has 26 heavy (non-hydrogen) atoms. The summed E-state index contributed by atoms with van der Waals surface area (Å²) in [5.74, 6) is -0.240. The van der Waals surface area contributed by atoms with E-state index >= 15 is 0 Å². The Bertz CT molecular complexity index is 817. The number of hydrogen-bond acceptors (Lipinski definition) is 5. The summed E-state index contributed by atoms with van der Waals surface area (Å²) in [4.78, 5) is 27.8. The maximum Gasteiger partial charge on any atom is 0.267 e. The van der Waals surface area contributed by atoms with Gasteiger partial charge in [-0.2, -0.15) is 0 Å². The average molecular weight is 355 g/mol. The van der Waals surface area contributed by atoms with Crippen LogP contribution in [0.2, 0.25) is 0 Å². The lowest BCUT2D eigenvalue weighted by Crippen LogP contribution is -2.45. The van der Waals surface area contributed by atoms with Gasteiger partial charge in [0.25, 0.3) is 11.8 Å². The Kier molecular flexibility index (Phi) is 5.43. The third kappa shape index (κ3) is 4.54. The molecule has 8 nitrogen and oxygen atoms in total. The van der Waals surface area contributed by atoms with Gasteiger partial charge in [-0.3, -0.25) is 20.4 Å². The van der Waals surface area contributed by atoms with E-state index in [2.05, 4.69) is 27.0 Å². The van der Waals surface area contributed by atoms with Crippen LogP contribution in [0.4, 0.5) is 0 Å². The van der Waals surface area contributed by atoms with Crippen LogP contribution in [-0.2, 0) is 14.3 Å². The third-order valence-electron chi connectivity index (χ3n) is 3.90. The van der Waals surface area contributed by atoms with Crippen LogP contribution >= 0.6 is 0 Å². The predicted molar refractivity (Wildman–Crippen MR) is 95.5 cm³/mol. The zero-order valence-electron chi connectivity index (χ0n) is 14.7.